The average molecular weight is 669 g/mol. The van der Waals surface area contributed by atoms with Gasteiger partial charge in [0.2, 0.25) is 0 Å². The smallest absolute Gasteiger partial charge is 0.348 e. The maximum absolute atomic E-state index is 12.3. The van der Waals surface area contributed by atoms with E-state index < -0.39 is 45.7 Å². The molecule has 1 aromatic carbocycles. The average Bonchev–Trinajstić information content (AvgIpc) is 2.83. The van der Waals surface area contributed by atoms with Crippen LogP contribution in [0.25, 0.3) is 6.08 Å². The summed E-state index contributed by atoms with van der Waals surface area (Å²) < 4.78 is 36.9. The standard InChI is InChI=1S/C31H56O8Si4/c1-14-34-30(32)29(31(33)35-15-2)23-27-18-20-28(21-19-27)36-24-26(5)43(13,38-41(9,10)11)39-42(12,37-40(6,7)8)22-16-17-25(3)4/h18-21,23,25H,5,14-17,22,24H2,1-4,6-13H3. The van der Waals surface area contributed by atoms with Crippen molar-refractivity contribution in [3.8, 4) is 5.75 Å². The lowest BCUT2D eigenvalue weighted by atomic mass is 10.1. The number of carbonyl (C=O) groups excluding carboxylic acids is 2. The predicted octanol–water partition coefficient (Wildman–Crippen LogP) is 7.97. The van der Waals surface area contributed by atoms with Crippen LogP contribution in [0.15, 0.2) is 41.6 Å². The molecule has 0 aliphatic rings. The van der Waals surface area contributed by atoms with Crippen LogP contribution in [0.2, 0.25) is 58.4 Å². The number of benzene rings is 1. The van der Waals surface area contributed by atoms with E-state index >= 15 is 0 Å². The van der Waals surface area contributed by atoms with Crippen LogP contribution >= 0.6 is 0 Å². The molecular weight excluding hydrogens is 613 g/mol. The highest BCUT2D eigenvalue weighted by Crippen LogP contribution is 2.32. The minimum atomic E-state index is -2.94. The lowest BCUT2D eigenvalue weighted by Gasteiger charge is -2.43. The van der Waals surface area contributed by atoms with E-state index in [1.807, 2.05) is 0 Å². The van der Waals surface area contributed by atoms with Crippen LogP contribution in [-0.4, -0.2) is 65.5 Å². The fourth-order valence-corrected chi connectivity index (χ4v) is 21.9. The van der Waals surface area contributed by atoms with E-state index in [0.717, 1.165) is 24.1 Å². The highest BCUT2D eigenvalue weighted by Gasteiger charge is 2.48. The Morgan fingerprint density at radius 3 is 1.77 bits per heavy atom. The van der Waals surface area contributed by atoms with Crippen LogP contribution in [0.3, 0.4) is 0 Å². The lowest BCUT2D eigenvalue weighted by Crippen LogP contribution is -2.59. The van der Waals surface area contributed by atoms with E-state index in [1.165, 1.54) is 6.08 Å². The van der Waals surface area contributed by atoms with Crippen molar-refractivity contribution in [1.82, 2.24) is 0 Å². The van der Waals surface area contributed by atoms with Crippen LogP contribution in [0.5, 0.6) is 5.75 Å². The SMILES string of the molecule is C=C(COc1ccc(C=C(C(=O)OCC)C(=O)OCC)cc1)[Si](C)(O[Si](C)(C)C)O[Si](C)(CCCC(C)C)O[Si](C)(C)C. The number of carbonyl (C=O) groups is 2. The summed E-state index contributed by atoms with van der Waals surface area (Å²) >= 11 is 0. The largest absolute Gasteiger partial charge is 0.489 e. The number of ether oxygens (including phenoxy) is 3. The van der Waals surface area contributed by atoms with Crippen LogP contribution < -0.4 is 4.74 Å². The van der Waals surface area contributed by atoms with Gasteiger partial charge < -0.3 is 26.6 Å². The quantitative estimate of drug-likeness (QED) is 0.0482. The molecule has 0 heterocycles. The molecule has 0 radical (unpaired) electrons. The van der Waals surface area contributed by atoms with E-state index in [9.17, 15) is 9.59 Å². The van der Waals surface area contributed by atoms with Gasteiger partial charge in [0.1, 0.15) is 17.9 Å². The zero-order chi connectivity index (χ0) is 33.1. The number of hydrogen-bond donors (Lipinski definition) is 0. The summed E-state index contributed by atoms with van der Waals surface area (Å²) in [4.78, 5) is 24.6. The van der Waals surface area contributed by atoms with E-state index in [1.54, 1.807) is 38.1 Å². The Morgan fingerprint density at radius 2 is 1.33 bits per heavy atom. The van der Waals surface area contributed by atoms with Crippen molar-refractivity contribution < 1.29 is 36.1 Å². The van der Waals surface area contributed by atoms with Crippen molar-refractivity contribution in [3.05, 3.63) is 47.2 Å². The Hall–Kier alpha value is -1.81. The first kappa shape index (κ1) is 39.2. The third-order valence-electron chi connectivity index (χ3n) is 6.08. The van der Waals surface area contributed by atoms with E-state index in [4.69, 9.17) is 26.6 Å². The molecule has 0 fully saturated rings. The molecule has 12 heteroatoms. The molecule has 0 bridgehead atoms. The first-order valence-corrected chi connectivity index (χ1v) is 27.0. The first-order valence-electron chi connectivity index (χ1n) is 15.3. The monoisotopic (exact) mass is 668 g/mol. The van der Waals surface area contributed by atoms with Crippen LogP contribution in [0, 0.1) is 5.92 Å². The Balaban J connectivity index is 3.19. The molecule has 2 atom stereocenters. The molecule has 1 rings (SSSR count). The topological polar surface area (TPSA) is 89.5 Å². The first-order chi connectivity index (χ1) is 19.7. The Morgan fingerprint density at radius 1 is 0.814 bits per heavy atom. The number of esters is 2. The second kappa shape index (κ2) is 17.0. The van der Waals surface area contributed by atoms with Gasteiger partial charge in [-0.15, -0.1) is 0 Å². The Kier molecular flexibility index (Phi) is 15.5. The van der Waals surface area contributed by atoms with E-state index in [0.29, 0.717) is 17.2 Å². The Bertz CT molecular complexity index is 1070. The molecule has 0 aliphatic heterocycles. The molecule has 1 aromatic rings. The second-order valence-electron chi connectivity index (χ2n) is 13.4. The molecule has 0 aromatic heterocycles. The summed E-state index contributed by atoms with van der Waals surface area (Å²) in [7, 11) is -9.42. The van der Waals surface area contributed by atoms with Gasteiger partial charge in [0.25, 0.3) is 0 Å². The minimum Gasteiger partial charge on any atom is -0.489 e. The molecule has 0 N–H and O–H groups in total. The van der Waals surface area contributed by atoms with Crippen molar-refractivity contribution in [3.63, 3.8) is 0 Å². The van der Waals surface area contributed by atoms with Crippen molar-refractivity contribution in [2.45, 2.75) is 99.0 Å². The zero-order valence-corrected chi connectivity index (χ0v) is 32.7. The van der Waals surface area contributed by atoms with Crippen molar-refractivity contribution in [2.24, 2.45) is 5.92 Å². The summed E-state index contributed by atoms with van der Waals surface area (Å²) in [5.74, 6) is -0.199. The van der Waals surface area contributed by atoms with Gasteiger partial charge in [0.05, 0.1) is 13.2 Å². The number of rotatable bonds is 19. The minimum absolute atomic E-state index is 0.156. The van der Waals surface area contributed by atoms with Gasteiger partial charge >= 0.3 is 29.1 Å². The fourth-order valence-electron chi connectivity index (χ4n) is 4.51. The Labute approximate surface area is 264 Å². The molecule has 8 nitrogen and oxygen atoms in total. The van der Waals surface area contributed by atoms with Gasteiger partial charge in [-0.25, -0.2) is 9.59 Å². The molecule has 0 aliphatic carbocycles. The molecular formula is C31H56O8Si4. The molecule has 0 spiro atoms. The second-order valence-corrected chi connectivity index (χ2v) is 29.6. The zero-order valence-electron chi connectivity index (χ0n) is 28.7. The third-order valence-corrected chi connectivity index (χ3v) is 20.2. The van der Waals surface area contributed by atoms with Gasteiger partial charge in [-0.2, -0.15) is 0 Å². The van der Waals surface area contributed by atoms with Gasteiger partial charge in [-0.1, -0.05) is 45.4 Å². The highest BCUT2D eigenvalue weighted by molar-refractivity contribution is 6.92. The number of hydrogen-bond acceptors (Lipinski definition) is 8. The van der Waals surface area contributed by atoms with Gasteiger partial charge in [0, 0.05) is 5.20 Å². The summed E-state index contributed by atoms with van der Waals surface area (Å²) in [6, 6.07) is 8.01. The lowest BCUT2D eigenvalue weighted by molar-refractivity contribution is -0.146. The van der Waals surface area contributed by atoms with Gasteiger partial charge in [-0.05, 0) is 102 Å². The summed E-state index contributed by atoms with van der Waals surface area (Å²) in [5.41, 5.74) is 0.479. The molecule has 0 saturated heterocycles. The van der Waals surface area contributed by atoms with E-state index in [2.05, 4.69) is 72.8 Å². The summed E-state index contributed by atoms with van der Waals surface area (Å²) in [5, 5.41) is 0.813. The van der Waals surface area contributed by atoms with E-state index in [-0.39, 0.29) is 25.4 Å². The third kappa shape index (κ3) is 15.2. The van der Waals surface area contributed by atoms with Crippen LogP contribution in [-0.2, 0) is 31.4 Å². The van der Waals surface area contributed by atoms with Gasteiger partial charge in [0.15, 0.2) is 16.6 Å². The molecule has 244 valence electrons. The molecule has 0 saturated carbocycles. The van der Waals surface area contributed by atoms with Crippen molar-refractivity contribution >= 4 is 51.8 Å². The maximum atomic E-state index is 12.3. The fraction of sp³-hybridized carbons (Fsp3) is 0.613. The molecule has 2 unspecified atom stereocenters. The molecule has 0 amide bonds. The summed E-state index contributed by atoms with van der Waals surface area (Å²) in [6.45, 7) is 30.2. The highest BCUT2D eigenvalue weighted by atomic mass is 28.5. The maximum Gasteiger partial charge on any atom is 0.348 e. The molecule has 43 heavy (non-hydrogen) atoms. The van der Waals surface area contributed by atoms with Crippen molar-refractivity contribution in [2.75, 3.05) is 19.8 Å². The van der Waals surface area contributed by atoms with Crippen LogP contribution in [0.4, 0.5) is 0 Å². The van der Waals surface area contributed by atoms with Gasteiger partial charge in [-0.3, -0.25) is 0 Å². The van der Waals surface area contributed by atoms with Crippen LogP contribution in [0.1, 0.15) is 46.1 Å². The normalized spacial score (nSPS) is 14.8. The van der Waals surface area contributed by atoms with Crippen molar-refractivity contribution in [1.29, 1.82) is 0 Å². The predicted molar refractivity (Wildman–Crippen MR) is 184 cm³/mol. The summed E-state index contributed by atoms with van der Waals surface area (Å²) in [6.07, 6.45) is 3.65.